The van der Waals surface area contributed by atoms with Gasteiger partial charge in [-0.25, -0.2) is 0 Å². The molecule has 0 aliphatic carbocycles. The third kappa shape index (κ3) is 4.65. The van der Waals surface area contributed by atoms with E-state index >= 15 is 0 Å². The number of thioether (sulfide) groups is 1. The Bertz CT molecular complexity index is 932. The van der Waals surface area contributed by atoms with Crippen molar-refractivity contribution >= 4 is 22.5 Å². The molecule has 0 amide bonds. The Balaban J connectivity index is 1.48. The van der Waals surface area contributed by atoms with Gasteiger partial charge in [-0.2, -0.15) is 0 Å². The monoisotopic (exact) mass is 410 g/mol. The molecule has 1 fully saturated rings. The minimum absolute atomic E-state index is 0.0431. The number of aliphatic hydroxyl groups is 2. The molecule has 29 heavy (non-hydrogen) atoms. The number of hydrogen-bond donors (Lipinski definition) is 2. The van der Waals surface area contributed by atoms with Gasteiger partial charge in [0.05, 0.1) is 19.3 Å². The SMILES string of the molecule is CC1[C@@H](OCc2ccc3ccccc3c2)[C@@H](O)C(CO)O[C@H]1Sc1ccccc1. The van der Waals surface area contributed by atoms with E-state index in [-0.39, 0.29) is 18.0 Å². The number of ether oxygens (including phenoxy) is 2. The summed E-state index contributed by atoms with van der Waals surface area (Å²) in [5, 5.41) is 22.8. The largest absolute Gasteiger partial charge is 0.394 e. The van der Waals surface area contributed by atoms with Crippen molar-refractivity contribution in [2.45, 2.75) is 42.2 Å². The van der Waals surface area contributed by atoms with Gasteiger partial charge in [0.25, 0.3) is 0 Å². The van der Waals surface area contributed by atoms with Gasteiger partial charge in [-0.1, -0.05) is 73.3 Å². The zero-order valence-electron chi connectivity index (χ0n) is 16.3. The molecule has 2 unspecified atom stereocenters. The lowest BCUT2D eigenvalue weighted by Crippen LogP contribution is -2.54. The van der Waals surface area contributed by atoms with Crippen molar-refractivity contribution in [1.29, 1.82) is 0 Å². The zero-order valence-corrected chi connectivity index (χ0v) is 17.2. The van der Waals surface area contributed by atoms with Crippen LogP contribution in [0.2, 0.25) is 0 Å². The highest BCUT2D eigenvalue weighted by Crippen LogP contribution is 2.38. The summed E-state index contributed by atoms with van der Waals surface area (Å²) in [6, 6.07) is 24.5. The average Bonchev–Trinajstić information content (AvgIpc) is 2.76. The summed E-state index contributed by atoms with van der Waals surface area (Å²) in [7, 11) is 0. The van der Waals surface area contributed by atoms with E-state index in [1.54, 1.807) is 11.8 Å². The van der Waals surface area contributed by atoms with E-state index in [0.29, 0.717) is 6.61 Å². The minimum Gasteiger partial charge on any atom is -0.394 e. The number of aliphatic hydroxyl groups excluding tert-OH is 2. The van der Waals surface area contributed by atoms with Crippen molar-refractivity contribution in [3.63, 3.8) is 0 Å². The van der Waals surface area contributed by atoms with E-state index in [2.05, 4.69) is 30.3 Å². The highest BCUT2D eigenvalue weighted by molar-refractivity contribution is 7.99. The van der Waals surface area contributed by atoms with Gasteiger partial charge < -0.3 is 19.7 Å². The maximum atomic E-state index is 10.7. The Labute approximate surface area is 175 Å². The summed E-state index contributed by atoms with van der Waals surface area (Å²) in [6.07, 6.45) is -1.95. The average molecular weight is 411 g/mol. The molecule has 1 aliphatic rings. The van der Waals surface area contributed by atoms with Crippen LogP contribution in [0, 0.1) is 5.92 Å². The summed E-state index contributed by atoms with van der Waals surface area (Å²) in [5.41, 5.74) is 0.849. The lowest BCUT2D eigenvalue weighted by Gasteiger charge is -2.42. The second-order valence-corrected chi connectivity index (χ2v) is 8.63. The first kappa shape index (κ1) is 20.4. The van der Waals surface area contributed by atoms with Crippen molar-refractivity contribution in [2.24, 2.45) is 5.92 Å². The number of benzene rings is 3. The Kier molecular flexibility index (Phi) is 6.53. The van der Waals surface area contributed by atoms with Crippen LogP contribution in [0.4, 0.5) is 0 Å². The molecule has 4 rings (SSSR count). The van der Waals surface area contributed by atoms with Crippen molar-refractivity contribution in [1.82, 2.24) is 0 Å². The molecule has 1 aliphatic heterocycles. The summed E-state index contributed by atoms with van der Waals surface area (Å²) in [4.78, 5) is 1.09. The van der Waals surface area contributed by atoms with Gasteiger partial charge in [0.2, 0.25) is 0 Å². The van der Waals surface area contributed by atoms with Gasteiger partial charge in [0.15, 0.2) is 0 Å². The van der Waals surface area contributed by atoms with Crippen LogP contribution in [0.5, 0.6) is 0 Å². The predicted molar refractivity (Wildman–Crippen MR) is 116 cm³/mol. The summed E-state index contributed by atoms with van der Waals surface area (Å²) in [5.74, 6) is -0.0431. The van der Waals surface area contributed by atoms with E-state index in [0.717, 1.165) is 10.5 Å². The van der Waals surface area contributed by atoms with Crippen molar-refractivity contribution in [3.8, 4) is 0 Å². The van der Waals surface area contributed by atoms with Crippen molar-refractivity contribution in [3.05, 3.63) is 78.4 Å². The number of hydrogen-bond acceptors (Lipinski definition) is 5. The molecular weight excluding hydrogens is 384 g/mol. The fourth-order valence-corrected chi connectivity index (χ4v) is 4.90. The molecule has 0 spiro atoms. The highest BCUT2D eigenvalue weighted by Gasteiger charge is 2.43. The summed E-state index contributed by atoms with van der Waals surface area (Å²) < 4.78 is 12.2. The van der Waals surface area contributed by atoms with E-state index in [9.17, 15) is 10.2 Å². The maximum absolute atomic E-state index is 10.7. The van der Waals surface area contributed by atoms with Crippen LogP contribution in [0.25, 0.3) is 10.8 Å². The van der Waals surface area contributed by atoms with Gasteiger partial charge in [0, 0.05) is 10.8 Å². The lowest BCUT2D eigenvalue weighted by atomic mass is 9.93. The predicted octanol–water partition coefficient (Wildman–Crippen LogP) is 4.23. The molecule has 0 bridgehead atoms. The maximum Gasteiger partial charge on any atom is 0.113 e. The molecule has 0 radical (unpaired) electrons. The zero-order chi connectivity index (χ0) is 20.2. The van der Waals surface area contributed by atoms with Crippen LogP contribution in [-0.4, -0.2) is 40.6 Å². The molecule has 5 atom stereocenters. The highest BCUT2D eigenvalue weighted by atomic mass is 32.2. The quantitative estimate of drug-likeness (QED) is 0.637. The van der Waals surface area contributed by atoms with Crippen molar-refractivity contribution < 1.29 is 19.7 Å². The van der Waals surface area contributed by atoms with Crippen LogP contribution >= 0.6 is 11.8 Å². The number of fused-ring (bicyclic) bond motifs is 1. The first-order valence-corrected chi connectivity index (χ1v) is 10.8. The fraction of sp³-hybridized carbons (Fsp3) is 0.333. The fourth-order valence-electron chi connectivity index (χ4n) is 3.74. The summed E-state index contributed by atoms with van der Waals surface area (Å²) >= 11 is 1.60. The molecule has 1 heterocycles. The third-order valence-corrected chi connectivity index (χ3v) is 6.72. The van der Waals surface area contributed by atoms with E-state index < -0.39 is 18.3 Å². The van der Waals surface area contributed by atoms with Crippen LogP contribution in [-0.2, 0) is 16.1 Å². The Hall–Kier alpha value is -1.89. The van der Waals surface area contributed by atoms with E-state index in [4.69, 9.17) is 9.47 Å². The van der Waals surface area contributed by atoms with Crippen LogP contribution < -0.4 is 0 Å². The first-order valence-electron chi connectivity index (χ1n) is 9.91. The first-order chi connectivity index (χ1) is 14.2. The van der Waals surface area contributed by atoms with Gasteiger partial charge in [-0.05, 0) is 34.5 Å². The van der Waals surface area contributed by atoms with E-state index in [1.807, 2.05) is 49.4 Å². The standard InChI is InChI=1S/C24H26O4S/c1-16-23(27-15-17-11-12-18-7-5-6-8-19(18)13-17)22(26)21(14-25)28-24(16)29-20-9-3-2-4-10-20/h2-13,16,21-26H,14-15H2,1H3/t16?,21?,22-,23+,24-/m0/s1. The molecule has 4 nitrogen and oxygen atoms in total. The molecule has 3 aromatic carbocycles. The van der Waals surface area contributed by atoms with E-state index in [1.165, 1.54) is 10.8 Å². The van der Waals surface area contributed by atoms with Crippen molar-refractivity contribution in [2.75, 3.05) is 6.61 Å². The van der Waals surface area contributed by atoms with Gasteiger partial charge in [-0.3, -0.25) is 0 Å². The van der Waals surface area contributed by atoms with Gasteiger partial charge in [-0.15, -0.1) is 0 Å². The lowest BCUT2D eigenvalue weighted by molar-refractivity contribution is -0.200. The van der Waals surface area contributed by atoms with Gasteiger partial charge in [0.1, 0.15) is 17.6 Å². The Morgan fingerprint density at radius 3 is 2.45 bits per heavy atom. The molecule has 3 aromatic rings. The molecule has 0 saturated carbocycles. The smallest absolute Gasteiger partial charge is 0.113 e. The topological polar surface area (TPSA) is 58.9 Å². The second-order valence-electron chi connectivity index (χ2n) is 7.46. The minimum atomic E-state index is -0.872. The molecule has 2 N–H and O–H groups in total. The third-order valence-electron chi connectivity index (χ3n) is 5.41. The number of rotatable bonds is 6. The molecule has 1 saturated heterocycles. The molecule has 0 aromatic heterocycles. The van der Waals surface area contributed by atoms with Gasteiger partial charge >= 0.3 is 0 Å². The normalized spacial score (nSPS) is 27.2. The molecular formula is C24H26O4S. The molecule has 152 valence electrons. The molecule has 5 heteroatoms. The Morgan fingerprint density at radius 1 is 0.966 bits per heavy atom. The van der Waals surface area contributed by atoms with Crippen LogP contribution in [0.3, 0.4) is 0 Å². The Morgan fingerprint density at radius 2 is 1.69 bits per heavy atom. The van der Waals surface area contributed by atoms with Crippen LogP contribution in [0.1, 0.15) is 12.5 Å². The second kappa shape index (κ2) is 9.28. The summed E-state index contributed by atoms with van der Waals surface area (Å²) in [6.45, 7) is 2.19. The van der Waals surface area contributed by atoms with Crippen LogP contribution in [0.15, 0.2) is 77.7 Å².